The summed E-state index contributed by atoms with van der Waals surface area (Å²) in [5.41, 5.74) is 1.04. The summed E-state index contributed by atoms with van der Waals surface area (Å²) in [7, 11) is 0. The maximum Gasteiger partial charge on any atom is 0.306 e. The van der Waals surface area contributed by atoms with E-state index in [1.165, 1.54) is 0 Å². The number of benzene rings is 1. The van der Waals surface area contributed by atoms with Crippen LogP contribution in [0.2, 0.25) is 0 Å². The molecule has 2 atom stereocenters. The highest BCUT2D eigenvalue weighted by molar-refractivity contribution is 5.67. The fraction of sp³-hybridized carbons (Fsp3) is 0.500. The number of phenolic OH excluding ortho intramolecular Hbond substituents is 1. The minimum Gasteiger partial charge on any atom is -0.508 e. The lowest BCUT2D eigenvalue weighted by Crippen LogP contribution is -2.45. The molecule has 0 radical (unpaired) electrons. The van der Waals surface area contributed by atoms with Gasteiger partial charge in [0.1, 0.15) is 18.1 Å². The Labute approximate surface area is 116 Å². The van der Waals surface area contributed by atoms with Crippen LogP contribution < -0.4 is 4.74 Å². The van der Waals surface area contributed by atoms with Gasteiger partial charge in [0.05, 0.1) is 25.2 Å². The molecule has 1 saturated heterocycles. The molecule has 2 aliphatic heterocycles. The molecule has 0 amide bonds. The molecule has 1 aromatic carbocycles. The zero-order chi connectivity index (χ0) is 14.1. The van der Waals surface area contributed by atoms with Crippen LogP contribution in [0.4, 0.5) is 0 Å². The van der Waals surface area contributed by atoms with Gasteiger partial charge in [0.2, 0.25) is 0 Å². The van der Waals surface area contributed by atoms with E-state index in [2.05, 4.69) is 4.90 Å². The number of aromatic hydroxyl groups is 1. The molecule has 2 heterocycles. The van der Waals surface area contributed by atoms with Gasteiger partial charge in [-0.05, 0) is 12.1 Å². The fourth-order valence-corrected chi connectivity index (χ4v) is 2.83. The van der Waals surface area contributed by atoms with Gasteiger partial charge >= 0.3 is 5.97 Å². The predicted molar refractivity (Wildman–Crippen MR) is 69.9 cm³/mol. The number of rotatable bonds is 3. The van der Waals surface area contributed by atoms with Crippen molar-refractivity contribution < 1.29 is 24.5 Å². The quantitative estimate of drug-likeness (QED) is 0.859. The first kappa shape index (κ1) is 13.2. The number of hydrogen-bond acceptors (Lipinski definition) is 5. The first-order valence-corrected chi connectivity index (χ1v) is 6.66. The van der Waals surface area contributed by atoms with Gasteiger partial charge in [-0.15, -0.1) is 0 Å². The molecular weight excluding hydrogens is 262 g/mol. The first-order chi connectivity index (χ1) is 9.63. The van der Waals surface area contributed by atoms with Crippen molar-refractivity contribution >= 4 is 5.97 Å². The first-order valence-electron chi connectivity index (χ1n) is 6.66. The normalized spacial score (nSPS) is 26.0. The SMILES string of the molecule is O=C(O)CC1CN(C2COc3cc(O)ccc32)CCO1. The van der Waals surface area contributed by atoms with Crippen molar-refractivity contribution in [2.75, 3.05) is 26.3 Å². The number of fused-ring (bicyclic) bond motifs is 1. The number of aliphatic carboxylic acids is 1. The molecule has 108 valence electrons. The van der Waals surface area contributed by atoms with E-state index in [4.69, 9.17) is 14.6 Å². The van der Waals surface area contributed by atoms with Crippen LogP contribution >= 0.6 is 0 Å². The lowest BCUT2D eigenvalue weighted by molar-refractivity contribution is -0.142. The molecule has 6 nitrogen and oxygen atoms in total. The van der Waals surface area contributed by atoms with E-state index >= 15 is 0 Å². The average molecular weight is 279 g/mol. The third kappa shape index (κ3) is 2.57. The van der Waals surface area contributed by atoms with Gasteiger partial charge < -0.3 is 19.7 Å². The second-order valence-corrected chi connectivity index (χ2v) is 5.13. The molecule has 2 unspecified atom stereocenters. The van der Waals surface area contributed by atoms with Crippen molar-refractivity contribution in [2.45, 2.75) is 18.6 Å². The van der Waals surface area contributed by atoms with E-state index < -0.39 is 5.97 Å². The minimum absolute atomic E-state index is 0.0203. The Morgan fingerprint density at radius 3 is 3.10 bits per heavy atom. The third-order valence-electron chi connectivity index (χ3n) is 3.77. The second-order valence-electron chi connectivity index (χ2n) is 5.13. The van der Waals surface area contributed by atoms with Gasteiger partial charge in [-0.25, -0.2) is 0 Å². The van der Waals surface area contributed by atoms with Crippen molar-refractivity contribution in [3.05, 3.63) is 23.8 Å². The van der Waals surface area contributed by atoms with Gasteiger partial charge in [0.25, 0.3) is 0 Å². The number of carbonyl (C=O) groups is 1. The summed E-state index contributed by atoms with van der Waals surface area (Å²) in [5, 5.41) is 18.3. The highest BCUT2D eigenvalue weighted by Gasteiger charge is 2.33. The standard InChI is InChI=1S/C14H17NO5/c16-9-1-2-11-12(8-20-13(11)5-9)15-3-4-19-10(7-15)6-14(17)18/h1-2,5,10,12,16H,3-4,6-8H2,(H,17,18). The van der Waals surface area contributed by atoms with Crippen molar-refractivity contribution in [1.82, 2.24) is 4.90 Å². The van der Waals surface area contributed by atoms with E-state index in [0.29, 0.717) is 25.5 Å². The van der Waals surface area contributed by atoms with E-state index in [-0.39, 0.29) is 24.3 Å². The maximum atomic E-state index is 10.8. The van der Waals surface area contributed by atoms with Crippen LogP contribution in [0, 0.1) is 0 Å². The van der Waals surface area contributed by atoms with Crippen LogP contribution in [0.5, 0.6) is 11.5 Å². The molecule has 0 spiro atoms. The largest absolute Gasteiger partial charge is 0.508 e. The smallest absolute Gasteiger partial charge is 0.306 e. The molecule has 0 aromatic heterocycles. The van der Waals surface area contributed by atoms with Gasteiger partial charge in [0, 0.05) is 24.7 Å². The van der Waals surface area contributed by atoms with Gasteiger partial charge in [-0.2, -0.15) is 0 Å². The number of ether oxygens (including phenoxy) is 2. The average Bonchev–Trinajstić information content (AvgIpc) is 2.81. The predicted octanol–water partition coefficient (Wildman–Crippen LogP) is 1.00. The Bertz CT molecular complexity index is 518. The van der Waals surface area contributed by atoms with E-state index in [0.717, 1.165) is 12.1 Å². The summed E-state index contributed by atoms with van der Waals surface area (Å²) in [6, 6.07) is 5.23. The summed E-state index contributed by atoms with van der Waals surface area (Å²) in [4.78, 5) is 13.0. The van der Waals surface area contributed by atoms with Crippen LogP contribution in [0.15, 0.2) is 18.2 Å². The summed E-state index contributed by atoms with van der Waals surface area (Å²) in [6.45, 7) is 2.39. The van der Waals surface area contributed by atoms with Crippen molar-refractivity contribution in [2.24, 2.45) is 0 Å². The highest BCUT2D eigenvalue weighted by atomic mass is 16.5. The Morgan fingerprint density at radius 1 is 1.45 bits per heavy atom. The molecule has 2 N–H and O–H groups in total. The molecule has 0 bridgehead atoms. The third-order valence-corrected chi connectivity index (χ3v) is 3.77. The van der Waals surface area contributed by atoms with Crippen LogP contribution in [0.25, 0.3) is 0 Å². The monoisotopic (exact) mass is 279 g/mol. The van der Waals surface area contributed by atoms with Gasteiger partial charge in [0.15, 0.2) is 0 Å². The Balaban J connectivity index is 1.73. The molecule has 1 fully saturated rings. The number of carboxylic acid groups (broad SMARTS) is 1. The van der Waals surface area contributed by atoms with E-state index in [1.54, 1.807) is 12.1 Å². The fourth-order valence-electron chi connectivity index (χ4n) is 2.83. The molecule has 2 aliphatic rings. The summed E-state index contributed by atoms with van der Waals surface area (Å²) in [5.74, 6) is 0.0521. The molecule has 1 aromatic rings. The van der Waals surface area contributed by atoms with Crippen LogP contribution in [-0.2, 0) is 9.53 Å². The molecule has 0 saturated carbocycles. The molecule has 6 heteroatoms. The summed E-state index contributed by atoms with van der Waals surface area (Å²) in [6.07, 6.45) is -0.255. The Hall–Kier alpha value is -1.79. The Morgan fingerprint density at radius 2 is 2.30 bits per heavy atom. The summed E-state index contributed by atoms with van der Waals surface area (Å²) < 4.78 is 11.1. The molecule has 0 aliphatic carbocycles. The van der Waals surface area contributed by atoms with Crippen molar-refractivity contribution in [1.29, 1.82) is 0 Å². The zero-order valence-electron chi connectivity index (χ0n) is 11.0. The van der Waals surface area contributed by atoms with E-state index in [9.17, 15) is 9.90 Å². The zero-order valence-corrected chi connectivity index (χ0v) is 11.0. The van der Waals surface area contributed by atoms with Crippen LogP contribution in [0.3, 0.4) is 0 Å². The van der Waals surface area contributed by atoms with Crippen molar-refractivity contribution in [3.63, 3.8) is 0 Å². The number of carboxylic acids is 1. The second kappa shape index (κ2) is 5.30. The van der Waals surface area contributed by atoms with Crippen LogP contribution in [0.1, 0.15) is 18.0 Å². The summed E-state index contributed by atoms with van der Waals surface area (Å²) >= 11 is 0. The van der Waals surface area contributed by atoms with E-state index in [1.807, 2.05) is 6.07 Å². The highest BCUT2D eigenvalue weighted by Crippen LogP contribution is 2.38. The van der Waals surface area contributed by atoms with Gasteiger partial charge in [-0.3, -0.25) is 9.69 Å². The molecule has 20 heavy (non-hydrogen) atoms. The number of phenols is 1. The van der Waals surface area contributed by atoms with Crippen LogP contribution in [-0.4, -0.2) is 53.5 Å². The number of nitrogens with zero attached hydrogens (tertiary/aromatic N) is 1. The number of hydrogen-bond donors (Lipinski definition) is 2. The lowest BCUT2D eigenvalue weighted by atomic mass is 10.0. The maximum absolute atomic E-state index is 10.8. The molecule has 3 rings (SSSR count). The van der Waals surface area contributed by atoms with Crippen molar-refractivity contribution in [3.8, 4) is 11.5 Å². The Kier molecular flexibility index (Phi) is 3.50. The topological polar surface area (TPSA) is 79.2 Å². The van der Waals surface area contributed by atoms with Gasteiger partial charge in [-0.1, -0.05) is 0 Å². The molecular formula is C14H17NO5. The number of morpholine rings is 1. The minimum atomic E-state index is -0.843. The lowest BCUT2D eigenvalue weighted by Gasteiger charge is -2.35.